The smallest absolute Gasteiger partial charge is 0.258 e. The lowest BCUT2D eigenvalue weighted by molar-refractivity contribution is -0.123. The van der Waals surface area contributed by atoms with Gasteiger partial charge in [0, 0.05) is 17.6 Å². The molecule has 0 bridgehead atoms. The summed E-state index contributed by atoms with van der Waals surface area (Å²) in [6.07, 6.45) is 1.74. The molecule has 0 aromatic heterocycles. The number of benzene rings is 1. The van der Waals surface area contributed by atoms with E-state index in [1.807, 2.05) is 45.0 Å². The van der Waals surface area contributed by atoms with Crippen molar-refractivity contribution in [3.05, 3.63) is 29.8 Å². The number of carbonyl (C=O) groups excluding carboxylic acids is 1. The molecule has 0 aliphatic carbocycles. The molecule has 1 aromatic carbocycles. The van der Waals surface area contributed by atoms with Gasteiger partial charge in [-0.2, -0.15) is 0 Å². The molecule has 0 aliphatic rings. The van der Waals surface area contributed by atoms with Crippen LogP contribution in [-0.2, 0) is 4.79 Å². The quantitative estimate of drug-likeness (QED) is 0.794. The molecule has 0 radical (unpaired) electrons. The summed E-state index contributed by atoms with van der Waals surface area (Å²) in [7, 11) is 0. The van der Waals surface area contributed by atoms with E-state index < -0.39 is 0 Å². The molecule has 2 atom stereocenters. The number of rotatable bonds is 7. The maximum Gasteiger partial charge on any atom is 0.258 e. The lowest BCUT2D eigenvalue weighted by Crippen LogP contribution is -2.35. The van der Waals surface area contributed by atoms with Crippen LogP contribution in [-0.4, -0.2) is 18.6 Å². The summed E-state index contributed by atoms with van der Waals surface area (Å²) in [6, 6.07) is 7.71. The van der Waals surface area contributed by atoms with Crippen molar-refractivity contribution in [1.82, 2.24) is 5.32 Å². The van der Waals surface area contributed by atoms with Gasteiger partial charge in [0.15, 0.2) is 6.61 Å². The summed E-state index contributed by atoms with van der Waals surface area (Å²) >= 11 is 0. The van der Waals surface area contributed by atoms with Crippen LogP contribution >= 0.6 is 0 Å². The third kappa shape index (κ3) is 4.91. The van der Waals surface area contributed by atoms with Crippen molar-refractivity contribution in [2.45, 2.75) is 45.7 Å². The SMILES string of the molecule is CCC(C)NC(=O)COc1ccccc1C(N)CC. The van der Waals surface area contributed by atoms with Gasteiger partial charge in [-0.05, 0) is 25.8 Å². The molecule has 4 heteroatoms. The second-order valence-electron chi connectivity index (χ2n) is 4.72. The first-order chi connectivity index (χ1) is 9.08. The maximum absolute atomic E-state index is 11.7. The van der Waals surface area contributed by atoms with Gasteiger partial charge in [-0.25, -0.2) is 0 Å². The maximum atomic E-state index is 11.7. The zero-order valence-corrected chi connectivity index (χ0v) is 12.0. The van der Waals surface area contributed by atoms with Crippen LogP contribution in [0.3, 0.4) is 0 Å². The van der Waals surface area contributed by atoms with Crippen LogP contribution in [0.1, 0.15) is 45.2 Å². The van der Waals surface area contributed by atoms with Crippen LogP contribution in [0.2, 0.25) is 0 Å². The fourth-order valence-corrected chi connectivity index (χ4v) is 1.70. The summed E-state index contributed by atoms with van der Waals surface area (Å²) in [6.45, 7) is 6.05. The Morgan fingerprint density at radius 1 is 1.32 bits per heavy atom. The van der Waals surface area contributed by atoms with E-state index in [1.54, 1.807) is 0 Å². The van der Waals surface area contributed by atoms with Crippen LogP contribution in [0.15, 0.2) is 24.3 Å². The molecule has 0 aliphatic heterocycles. The summed E-state index contributed by atoms with van der Waals surface area (Å²) in [5.74, 6) is 0.588. The molecule has 1 aromatic rings. The zero-order valence-electron chi connectivity index (χ0n) is 12.0. The predicted molar refractivity (Wildman–Crippen MR) is 77.1 cm³/mol. The largest absolute Gasteiger partial charge is 0.483 e. The van der Waals surface area contributed by atoms with Gasteiger partial charge in [0.2, 0.25) is 0 Å². The number of hydrogen-bond acceptors (Lipinski definition) is 3. The van der Waals surface area contributed by atoms with Crippen molar-refractivity contribution in [2.24, 2.45) is 5.73 Å². The molecule has 3 N–H and O–H groups in total. The van der Waals surface area contributed by atoms with Gasteiger partial charge >= 0.3 is 0 Å². The number of nitrogens with two attached hydrogens (primary N) is 1. The minimum absolute atomic E-state index is 0.0256. The van der Waals surface area contributed by atoms with E-state index in [0.29, 0.717) is 5.75 Å². The van der Waals surface area contributed by atoms with Crippen molar-refractivity contribution < 1.29 is 9.53 Å². The number of nitrogens with one attached hydrogen (secondary N) is 1. The topological polar surface area (TPSA) is 64.3 Å². The lowest BCUT2D eigenvalue weighted by Gasteiger charge is -2.16. The Labute approximate surface area is 115 Å². The van der Waals surface area contributed by atoms with Gasteiger partial charge in [-0.15, -0.1) is 0 Å². The summed E-state index contributed by atoms with van der Waals surface area (Å²) < 4.78 is 5.58. The molecular weight excluding hydrogens is 240 g/mol. The average molecular weight is 264 g/mol. The number of amides is 1. The standard InChI is InChI=1S/C15H24N2O2/c1-4-11(3)17-15(18)10-19-14-9-7-6-8-12(14)13(16)5-2/h6-9,11,13H,4-5,10,16H2,1-3H3,(H,17,18). The van der Waals surface area contributed by atoms with Crippen LogP contribution in [0.25, 0.3) is 0 Å². The fourth-order valence-electron chi connectivity index (χ4n) is 1.70. The van der Waals surface area contributed by atoms with Gasteiger partial charge in [0.05, 0.1) is 0 Å². The van der Waals surface area contributed by atoms with Crippen LogP contribution in [0.4, 0.5) is 0 Å². The Morgan fingerprint density at radius 3 is 2.63 bits per heavy atom. The van der Waals surface area contributed by atoms with Crippen molar-refractivity contribution in [1.29, 1.82) is 0 Å². The Kier molecular flexibility index (Phi) is 6.36. The lowest BCUT2D eigenvalue weighted by atomic mass is 10.0. The molecule has 0 fully saturated rings. The summed E-state index contributed by atoms with van der Waals surface area (Å²) in [4.78, 5) is 11.7. The molecule has 106 valence electrons. The molecule has 0 spiro atoms. The van der Waals surface area contributed by atoms with Gasteiger partial charge in [0.25, 0.3) is 5.91 Å². The first-order valence-corrected chi connectivity index (χ1v) is 6.85. The second-order valence-corrected chi connectivity index (χ2v) is 4.72. The van der Waals surface area contributed by atoms with Crippen LogP contribution in [0.5, 0.6) is 5.75 Å². The van der Waals surface area contributed by atoms with E-state index in [1.165, 1.54) is 0 Å². The minimum atomic E-state index is -0.103. The Bertz CT molecular complexity index is 407. The molecule has 4 nitrogen and oxygen atoms in total. The average Bonchev–Trinajstić information content (AvgIpc) is 2.44. The van der Waals surface area contributed by atoms with Gasteiger partial charge in [0.1, 0.15) is 5.75 Å². The Hall–Kier alpha value is -1.55. The third-order valence-electron chi connectivity index (χ3n) is 3.14. The highest BCUT2D eigenvalue weighted by Crippen LogP contribution is 2.25. The van der Waals surface area contributed by atoms with E-state index in [0.717, 1.165) is 18.4 Å². The monoisotopic (exact) mass is 264 g/mol. The van der Waals surface area contributed by atoms with E-state index >= 15 is 0 Å². The number of carbonyl (C=O) groups is 1. The molecular formula is C15H24N2O2. The van der Waals surface area contributed by atoms with Crippen molar-refractivity contribution in [2.75, 3.05) is 6.61 Å². The van der Waals surface area contributed by atoms with E-state index in [-0.39, 0.29) is 24.6 Å². The Balaban J connectivity index is 2.60. The minimum Gasteiger partial charge on any atom is -0.483 e. The normalized spacial score (nSPS) is 13.7. The van der Waals surface area contributed by atoms with E-state index in [2.05, 4.69) is 5.32 Å². The molecule has 0 saturated carbocycles. The van der Waals surface area contributed by atoms with Crippen molar-refractivity contribution in [3.63, 3.8) is 0 Å². The van der Waals surface area contributed by atoms with Crippen molar-refractivity contribution >= 4 is 5.91 Å². The second kappa shape index (κ2) is 7.79. The predicted octanol–water partition coefficient (Wildman–Crippen LogP) is 2.39. The first kappa shape index (κ1) is 15.5. The number of hydrogen-bond donors (Lipinski definition) is 2. The highest BCUT2D eigenvalue weighted by atomic mass is 16.5. The first-order valence-electron chi connectivity index (χ1n) is 6.85. The van der Waals surface area contributed by atoms with Crippen molar-refractivity contribution in [3.8, 4) is 5.75 Å². The molecule has 1 rings (SSSR count). The summed E-state index contributed by atoms with van der Waals surface area (Å²) in [5.41, 5.74) is 6.97. The zero-order chi connectivity index (χ0) is 14.3. The molecule has 19 heavy (non-hydrogen) atoms. The molecule has 1 amide bonds. The van der Waals surface area contributed by atoms with Crippen LogP contribution in [0, 0.1) is 0 Å². The molecule has 2 unspecified atom stereocenters. The highest BCUT2D eigenvalue weighted by Gasteiger charge is 2.12. The Morgan fingerprint density at radius 2 is 2.00 bits per heavy atom. The molecule has 0 saturated heterocycles. The van der Waals surface area contributed by atoms with E-state index in [9.17, 15) is 4.79 Å². The highest BCUT2D eigenvalue weighted by molar-refractivity contribution is 5.77. The number of ether oxygens (including phenoxy) is 1. The van der Waals surface area contributed by atoms with Gasteiger partial charge < -0.3 is 15.8 Å². The van der Waals surface area contributed by atoms with Gasteiger partial charge in [-0.3, -0.25) is 4.79 Å². The van der Waals surface area contributed by atoms with Crippen LogP contribution < -0.4 is 15.8 Å². The van der Waals surface area contributed by atoms with Gasteiger partial charge in [-0.1, -0.05) is 32.0 Å². The fraction of sp³-hybridized carbons (Fsp3) is 0.533. The van der Waals surface area contributed by atoms with E-state index in [4.69, 9.17) is 10.5 Å². The molecule has 0 heterocycles. The third-order valence-corrected chi connectivity index (χ3v) is 3.14. The number of para-hydroxylation sites is 1. The summed E-state index contributed by atoms with van der Waals surface area (Å²) in [5, 5.41) is 2.87.